The first-order valence-corrected chi connectivity index (χ1v) is 10.5. The van der Waals surface area contributed by atoms with Gasteiger partial charge in [0.2, 0.25) is 5.91 Å². The van der Waals surface area contributed by atoms with Crippen molar-refractivity contribution in [2.45, 2.75) is 20.4 Å². The van der Waals surface area contributed by atoms with Gasteiger partial charge in [0, 0.05) is 43.6 Å². The van der Waals surface area contributed by atoms with Gasteiger partial charge < -0.3 is 14.8 Å². The molecule has 2 aromatic carbocycles. The Morgan fingerprint density at radius 1 is 1.19 bits per heavy atom. The van der Waals surface area contributed by atoms with Crippen LogP contribution in [0.3, 0.4) is 0 Å². The van der Waals surface area contributed by atoms with Crippen LogP contribution in [0, 0.1) is 5.82 Å². The number of nitrogens with one attached hydrogen (secondary N) is 1. The van der Waals surface area contributed by atoms with Gasteiger partial charge in [0.05, 0.1) is 36.7 Å². The molecule has 1 aromatic heterocycles. The van der Waals surface area contributed by atoms with Gasteiger partial charge in [-0.2, -0.15) is 0 Å². The van der Waals surface area contributed by atoms with E-state index in [-0.39, 0.29) is 11.6 Å². The summed E-state index contributed by atoms with van der Waals surface area (Å²) >= 11 is 0. The Morgan fingerprint density at radius 3 is 2.71 bits per heavy atom. The fraction of sp³-hybridized carbons (Fsp3) is 0.333. The number of hydrogen-bond donors (Lipinski definition) is 1. The van der Waals surface area contributed by atoms with Crippen LogP contribution in [0.25, 0.3) is 22.2 Å². The number of nitrogens with zero attached hydrogens (tertiary/aromatic N) is 2. The van der Waals surface area contributed by atoms with Gasteiger partial charge >= 0.3 is 0 Å². The third-order valence-electron chi connectivity index (χ3n) is 5.25. The van der Waals surface area contributed by atoms with Crippen LogP contribution in [0.4, 0.5) is 10.1 Å². The van der Waals surface area contributed by atoms with Gasteiger partial charge in [-0.1, -0.05) is 6.07 Å². The summed E-state index contributed by atoms with van der Waals surface area (Å²) in [5, 5.41) is 3.55. The van der Waals surface area contributed by atoms with Gasteiger partial charge in [-0.3, -0.25) is 9.69 Å². The second kappa shape index (κ2) is 9.41. The summed E-state index contributed by atoms with van der Waals surface area (Å²) in [4.78, 5) is 18.4. The summed E-state index contributed by atoms with van der Waals surface area (Å²) in [5.74, 6) is -0.0525. The number of ether oxygens (including phenoxy) is 2. The monoisotopic (exact) mass is 423 g/mol. The number of hydrogen-bond acceptors (Lipinski definition) is 5. The molecular weight excluding hydrogens is 397 g/mol. The van der Waals surface area contributed by atoms with E-state index in [0.717, 1.165) is 55.1 Å². The molecule has 0 aliphatic carbocycles. The molecule has 0 unspecified atom stereocenters. The number of rotatable bonds is 6. The molecule has 4 rings (SSSR count). The van der Waals surface area contributed by atoms with Crippen molar-refractivity contribution in [3.63, 3.8) is 0 Å². The number of fused-ring (bicyclic) bond motifs is 1. The maximum absolute atomic E-state index is 14.6. The predicted molar refractivity (Wildman–Crippen MR) is 119 cm³/mol. The molecule has 1 fully saturated rings. The molecule has 162 valence electrons. The van der Waals surface area contributed by atoms with Crippen molar-refractivity contribution in [2.75, 3.05) is 38.2 Å². The topological polar surface area (TPSA) is 63.7 Å². The van der Waals surface area contributed by atoms with Crippen LogP contribution in [0.2, 0.25) is 0 Å². The number of halogens is 1. The summed E-state index contributed by atoms with van der Waals surface area (Å²) in [6.45, 7) is 7.81. The minimum absolute atomic E-state index is 0.157. The highest BCUT2D eigenvalue weighted by molar-refractivity contribution is 5.89. The molecule has 0 spiro atoms. The molecule has 1 amide bonds. The molecule has 1 aliphatic rings. The smallest absolute Gasteiger partial charge is 0.221 e. The number of morpholine rings is 1. The quantitative estimate of drug-likeness (QED) is 0.643. The number of aromatic nitrogens is 1. The lowest BCUT2D eigenvalue weighted by Gasteiger charge is -2.27. The zero-order chi connectivity index (χ0) is 21.8. The molecule has 6 nitrogen and oxygen atoms in total. The minimum Gasteiger partial charge on any atom is -0.494 e. The van der Waals surface area contributed by atoms with Gasteiger partial charge in [-0.25, -0.2) is 9.37 Å². The Hall–Kier alpha value is -3.03. The molecule has 0 atom stereocenters. The van der Waals surface area contributed by atoms with Crippen molar-refractivity contribution in [1.82, 2.24) is 9.88 Å². The summed E-state index contributed by atoms with van der Waals surface area (Å²) in [5.41, 5.74) is 3.41. The van der Waals surface area contributed by atoms with Crippen LogP contribution in [-0.2, 0) is 16.1 Å². The summed E-state index contributed by atoms with van der Waals surface area (Å²) in [6.07, 6.45) is 0. The third-order valence-corrected chi connectivity index (χ3v) is 5.25. The zero-order valence-corrected chi connectivity index (χ0v) is 17.8. The number of pyridine rings is 1. The molecule has 1 N–H and O–H groups in total. The number of benzene rings is 2. The zero-order valence-electron chi connectivity index (χ0n) is 17.8. The average Bonchev–Trinajstić information content (AvgIpc) is 2.75. The van der Waals surface area contributed by atoms with Crippen LogP contribution in [0.1, 0.15) is 19.4 Å². The van der Waals surface area contributed by atoms with Gasteiger partial charge in [0.15, 0.2) is 0 Å². The molecule has 7 heteroatoms. The first-order valence-electron chi connectivity index (χ1n) is 10.5. The Balaban J connectivity index is 1.76. The van der Waals surface area contributed by atoms with Crippen LogP contribution < -0.4 is 10.1 Å². The Labute approximate surface area is 181 Å². The van der Waals surface area contributed by atoms with Crippen molar-refractivity contribution in [3.8, 4) is 17.0 Å². The fourth-order valence-electron chi connectivity index (χ4n) is 3.78. The molecule has 0 saturated carbocycles. The predicted octanol–water partition coefficient (Wildman–Crippen LogP) is 4.23. The van der Waals surface area contributed by atoms with Gasteiger partial charge in [0.1, 0.15) is 11.6 Å². The summed E-state index contributed by atoms with van der Waals surface area (Å²) < 4.78 is 25.7. The van der Waals surface area contributed by atoms with E-state index in [0.29, 0.717) is 17.9 Å². The van der Waals surface area contributed by atoms with Crippen molar-refractivity contribution in [1.29, 1.82) is 0 Å². The molecule has 0 radical (unpaired) electrons. The second-order valence-corrected chi connectivity index (χ2v) is 7.54. The van der Waals surface area contributed by atoms with Crippen LogP contribution in [-0.4, -0.2) is 48.7 Å². The van der Waals surface area contributed by atoms with Crippen molar-refractivity contribution < 1.29 is 18.7 Å². The van der Waals surface area contributed by atoms with E-state index >= 15 is 0 Å². The van der Waals surface area contributed by atoms with E-state index in [2.05, 4.69) is 10.2 Å². The second-order valence-electron chi connectivity index (χ2n) is 7.54. The number of carbonyl (C=O) groups is 1. The molecule has 2 heterocycles. The molecule has 0 bridgehead atoms. The first kappa shape index (κ1) is 21.2. The highest BCUT2D eigenvalue weighted by Gasteiger charge is 2.16. The van der Waals surface area contributed by atoms with Gasteiger partial charge in [0.25, 0.3) is 0 Å². The molecule has 1 saturated heterocycles. The normalized spacial score (nSPS) is 14.5. The Bertz CT molecular complexity index is 1100. The van der Waals surface area contributed by atoms with Gasteiger partial charge in [-0.05, 0) is 42.8 Å². The maximum Gasteiger partial charge on any atom is 0.221 e. The molecule has 3 aromatic rings. The highest BCUT2D eigenvalue weighted by Crippen LogP contribution is 2.30. The molecule has 31 heavy (non-hydrogen) atoms. The van der Waals surface area contributed by atoms with Crippen molar-refractivity contribution in [2.24, 2.45) is 0 Å². The lowest BCUT2D eigenvalue weighted by molar-refractivity contribution is -0.114. The minimum atomic E-state index is -0.493. The first-order chi connectivity index (χ1) is 15.0. The van der Waals surface area contributed by atoms with E-state index in [9.17, 15) is 9.18 Å². The lowest BCUT2D eigenvalue weighted by Crippen LogP contribution is -2.35. The van der Waals surface area contributed by atoms with E-state index in [1.54, 1.807) is 12.1 Å². The van der Waals surface area contributed by atoms with E-state index in [1.807, 2.05) is 31.2 Å². The van der Waals surface area contributed by atoms with Crippen LogP contribution in [0.15, 0.2) is 42.5 Å². The van der Waals surface area contributed by atoms with Crippen molar-refractivity contribution in [3.05, 3.63) is 53.8 Å². The number of anilines is 1. The lowest BCUT2D eigenvalue weighted by atomic mass is 10.0. The fourth-order valence-corrected chi connectivity index (χ4v) is 3.78. The summed E-state index contributed by atoms with van der Waals surface area (Å²) in [6, 6.07) is 12.7. The van der Waals surface area contributed by atoms with Crippen molar-refractivity contribution >= 4 is 22.5 Å². The maximum atomic E-state index is 14.6. The third kappa shape index (κ3) is 5.00. The molecule has 1 aliphatic heterocycles. The molecular formula is C24H26FN3O3. The highest BCUT2D eigenvalue weighted by atomic mass is 19.1. The van der Waals surface area contributed by atoms with E-state index in [1.165, 1.54) is 13.0 Å². The van der Waals surface area contributed by atoms with Crippen LogP contribution in [0.5, 0.6) is 5.75 Å². The average molecular weight is 423 g/mol. The largest absolute Gasteiger partial charge is 0.494 e. The Kier molecular flexibility index (Phi) is 6.44. The van der Waals surface area contributed by atoms with Crippen LogP contribution >= 0.6 is 0 Å². The number of amides is 1. The van der Waals surface area contributed by atoms with E-state index < -0.39 is 5.82 Å². The SMILES string of the molecule is CCOc1ccc2c(CN3CCOCC3)cc(-c3ccc(NC(C)=O)c(F)c3)nc2c1. The van der Waals surface area contributed by atoms with E-state index in [4.69, 9.17) is 14.5 Å². The number of carbonyl (C=O) groups excluding carboxylic acids is 1. The van der Waals surface area contributed by atoms with Gasteiger partial charge in [-0.15, -0.1) is 0 Å². The Morgan fingerprint density at radius 2 is 2.00 bits per heavy atom. The summed E-state index contributed by atoms with van der Waals surface area (Å²) in [7, 11) is 0. The standard InChI is InChI=1S/C24H26FN3O3/c1-3-31-19-5-6-20-18(15-28-8-10-30-11-9-28)13-23(27-24(20)14-19)17-4-7-22(21(25)12-17)26-16(2)29/h4-7,12-14H,3,8-11,15H2,1-2H3,(H,26,29).